The summed E-state index contributed by atoms with van der Waals surface area (Å²) in [4.78, 5) is 11.6. The Morgan fingerprint density at radius 3 is 2.67 bits per heavy atom. The summed E-state index contributed by atoms with van der Waals surface area (Å²) >= 11 is 0. The summed E-state index contributed by atoms with van der Waals surface area (Å²) in [6.07, 6.45) is 3.98. The van der Waals surface area contributed by atoms with Crippen LogP contribution in [-0.4, -0.2) is 5.97 Å². The smallest absolute Gasteiger partial charge is 0.310 e. The third-order valence-corrected chi connectivity index (χ3v) is 3.63. The van der Waals surface area contributed by atoms with Crippen molar-refractivity contribution in [3.8, 4) is 11.1 Å². The van der Waals surface area contributed by atoms with E-state index in [0.717, 1.165) is 17.7 Å². The molecule has 0 spiro atoms. The van der Waals surface area contributed by atoms with Crippen LogP contribution in [0.3, 0.4) is 0 Å². The summed E-state index contributed by atoms with van der Waals surface area (Å²) in [7, 11) is 0. The molecule has 0 radical (unpaired) electrons. The van der Waals surface area contributed by atoms with Gasteiger partial charge in [0.2, 0.25) is 0 Å². The molecule has 2 nitrogen and oxygen atoms in total. The van der Waals surface area contributed by atoms with Gasteiger partial charge in [-0.15, -0.1) is 0 Å². The third kappa shape index (κ3) is 3.05. The van der Waals surface area contributed by atoms with E-state index in [-0.39, 0.29) is 5.97 Å². The van der Waals surface area contributed by atoms with E-state index in [1.807, 2.05) is 31.2 Å². The van der Waals surface area contributed by atoms with Gasteiger partial charge < -0.3 is 4.74 Å². The van der Waals surface area contributed by atoms with Gasteiger partial charge in [0, 0.05) is 12.8 Å². The van der Waals surface area contributed by atoms with Crippen LogP contribution >= 0.6 is 0 Å². The number of ether oxygens (including phenoxy) is 1. The first-order valence-electron chi connectivity index (χ1n) is 7.36. The van der Waals surface area contributed by atoms with Gasteiger partial charge in [0.15, 0.2) is 0 Å². The number of hydrogen-bond donors (Lipinski definition) is 0. The minimum absolute atomic E-state index is 0.139. The second-order valence-electron chi connectivity index (χ2n) is 5.29. The van der Waals surface area contributed by atoms with Crippen molar-refractivity contribution >= 4 is 12.0 Å². The van der Waals surface area contributed by atoms with Crippen molar-refractivity contribution in [2.45, 2.75) is 26.2 Å². The Bertz CT molecular complexity index is 684. The zero-order chi connectivity index (χ0) is 14.7. The van der Waals surface area contributed by atoms with E-state index in [4.69, 9.17) is 4.74 Å². The Labute approximate surface area is 125 Å². The molecule has 2 aromatic carbocycles. The molecule has 1 aliphatic carbocycles. The van der Waals surface area contributed by atoms with Gasteiger partial charge in [0.1, 0.15) is 5.76 Å². The molecule has 0 heterocycles. The van der Waals surface area contributed by atoms with Crippen molar-refractivity contribution in [3.05, 3.63) is 65.4 Å². The molecule has 0 aromatic heterocycles. The second-order valence-corrected chi connectivity index (χ2v) is 5.29. The van der Waals surface area contributed by atoms with Gasteiger partial charge in [0.25, 0.3) is 0 Å². The Morgan fingerprint density at radius 2 is 1.90 bits per heavy atom. The minimum atomic E-state index is -0.139. The molecule has 106 valence electrons. The van der Waals surface area contributed by atoms with Gasteiger partial charge >= 0.3 is 5.97 Å². The normalized spacial score (nSPS) is 12.7. The molecule has 0 saturated heterocycles. The fourth-order valence-corrected chi connectivity index (χ4v) is 2.58. The van der Waals surface area contributed by atoms with Crippen LogP contribution in [0.2, 0.25) is 0 Å². The number of carbonyl (C=O) groups excluding carboxylic acids is 1. The molecular weight excluding hydrogens is 260 g/mol. The van der Waals surface area contributed by atoms with Crippen LogP contribution in [0, 0.1) is 0 Å². The van der Waals surface area contributed by atoms with E-state index < -0.39 is 0 Å². The highest BCUT2D eigenvalue weighted by Gasteiger charge is 2.16. The summed E-state index contributed by atoms with van der Waals surface area (Å²) in [5.74, 6) is 0.619. The van der Waals surface area contributed by atoms with Gasteiger partial charge in [-0.05, 0) is 40.8 Å². The number of esters is 1. The van der Waals surface area contributed by atoms with Gasteiger partial charge in [-0.1, -0.05) is 49.4 Å². The third-order valence-electron chi connectivity index (χ3n) is 3.63. The number of allylic oxidation sites excluding steroid dienone is 1. The predicted molar refractivity (Wildman–Crippen MR) is 84.6 cm³/mol. The first-order valence-corrected chi connectivity index (χ1v) is 7.36. The zero-order valence-corrected chi connectivity index (χ0v) is 12.1. The molecule has 2 aromatic rings. The summed E-state index contributed by atoms with van der Waals surface area (Å²) in [5, 5.41) is 0. The molecule has 21 heavy (non-hydrogen) atoms. The molecule has 3 rings (SSSR count). The Hall–Kier alpha value is -2.35. The number of benzene rings is 2. The number of hydrogen-bond acceptors (Lipinski definition) is 2. The number of fused-ring (bicyclic) bond motifs is 1. The molecule has 0 fully saturated rings. The summed E-state index contributed by atoms with van der Waals surface area (Å²) in [6.45, 7) is 1.98. The lowest BCUT2D eigenvalue weighted by atomic mass is 10.0. The van der Waals surface area contributed by atoms with Crippen molar-refractivity contribution in [1.82, 2.24) is 0 Å². The number of rotatable bonds is 4. The van der Waals surface area contributed by atoms with Crippen LogP contribution in [0.5, 0.6) is 0 Å². The van der Waals surface area contributed by atoms with Crippen LogP contribution < -0.4 is 0 Å². The molecule has 0 amide bonds. The molecular formula is C19H18O2. The second kappa shape index (κ2) is 5.96. The molecule has 0 bridgehead atoms. The van der Waals surface area contributed by atoms with Crippen molar-refractivity contribution in [2.75, 3.05) is 0 Å². The summed E-state index contributed by atoms with van der Waals surface area (Å²) in [5.41, 5.74) is 4.75. The van der Waals surface area contributed by atoms with Gasteiger partial charge in [-0.2, -0.15) is 0 Å². The molecule has 0 aliphatic heterocycles. The van der Waals surface area contributed by atoms with Gasteiger partial charge in [-0.25, -0.2) is 0 Å². The molecule has 1 aliphatic rings. The van der Waals surface area contributed by atoms with Crippen molar-refractivity contribution in [2.24, 2.45) is 0 Å². The Morgan fingerprint density at radius 1 is 1.10 bits per heavy atom. The zero-order valence-electron chi connectivity index (χ0n) is 12.1. The molecule has 0 saturated carbocycles. The lowest BCUT2D eigenvalue weighted by Crippen LogP contribution is -2.03. The Kier molecular flexibility index (Phi) is 3.87. The molecule has 0 N–H and O–H groups in total. The van der Waals surface area contributed by atoms with Gasteiger partial charge in [0.05, 0.1) is 0 Å². The highest BCUT2D eigenvalue weighted by molar-refractivity contribution is 5.75. The fourth-order valence-electron chi connectivity index (χ4n) is 2.58. The average Bonchev–Trinajstić information content (AvgIpc) is 2.89. The summed E-state index contributed by atoms with van der Waals surface area (Å²) < 4.78 is 5.40. The van der Waals surface area contributed by atoms with E-state index in [9.17, 15) is 4.79 Å². The van der Waals surface area contributed by atoms with E-state index in [1.165, 1.54) is 16.7 Å². The monoisotopic (exact) mass is 278 g/mol. The topological polar surface area (TPSA) is 26.3 Å². The van der Waals surface area contributed by atoms with Crippen molar-refractivity contribution in [3.63, 3.8) is 0 Å². The predicted octanol–water partition coefficient (Wildman–Crippen LogP) is 4.59. The maximum atomic E-state index is 11.6. The van der Waals surface area contributed by atoms with Crippen LogP contribution in [-0.2, 0) is 16.0 Å². The van der Waals surface area contributed by atoms with Crippen LogP contribution in [0.25, 0.3) is 17.2 Å². The lowest BCUT2D eigenvalue weighted by molar-refractivity contribution is -0.139. The van der Waals surface area contributed by atoms with Crippen LogP contribution in [0.15, 0.2) is 54.3 Å². The largest absolute Gasteiger partial charge is 0.431 e. The highest BCUT2D eigenvalue weighted by Crippen LogP contribution is 2.30. The van der Waals surface area contributed by atoms with Crippen molar-refractivity contribution in [1.29, 1.82) is 0 Å². The van der Waals surface area contributed by atoms with Crippen LogP contribution in [0.4, 0.5) is 0 Å². The quantitative estimate of drug-likeness (QED) is 0.764. The minimum Gasteiger partial charge on any atom is -0.431 e. The van der Waals surface area contributed by atoms with E-state index >= 15 is 0 Å². The lowest BCUT2D eigenvalue weighted by Gasteiger charge is -2.05. The maximum absolute atomic E-state index is 11.6. The first-order chi connectivity index (χ1) is 10.3. The maximum Gasteiger partial charge on any atom is 0.310 e. The van der Waals surface area contributed by atoms with Gasteiger partial charge in [-0.3, -0.25) is 4.79 Å². The Balaban J connectivity index is 1.81. The van der Waals surface area contributed by atoms with E-state index in [1.54, 1.807) is 0 Å². The highest BCUT2D eigenvalue weighted by atomic mass is 16.5. The molecule has 0 unspecified atom stereocenters. The van der Waals surface area contributed by atoms with Crippen molar-refractivity contribution < 1.29 is 9.53 Å². The van der Waals surface area contributed by atoms with Crippen LogP contribution in [0.1, 0.15) is 30.9 Å². The fraction of sp³-hybridized carbons (Fsp3) is 0.211. The standard InChI is InChI=1S/C19H18O2/c1-2-6-19(20)21-18-12-16-10-9-15(11-17(16)13-18)14-7-4-3-5-8-14/h3-5,7-11,13H,2,6,12H2,1H3. The number of carbonyl (C=O) groups is 1. The van der Waals surface area contributed by atoms with E-state index in [2.05, 4.69) is 30.3 Å². The first kappa shape index (κ1) is 13.6. The molecule has 2 heteroatoms. The van der Waals surface area contributed by atoms with E-state index in [0.29, 0.717) is 12.8 Å². The SMILES string of the molecule is CCCC(=O)OC1=Cc2cc(-c3ccccc3)ccc2C1. The summed E-state index contributed by atoms with van der Waals surface area (Å²) in [6, 6.07) is 16.7. The molecule has 0 atom stereocenters. The average molecular weight is 278 g/mol.